The Kier molecular flexibility index (Phi) is 5.84. The third kappa shape index (κ3) is 5.40. The molecular formula is C15H23N3O4S. The molecule has 1 unspecified atom stereocenters. The van der Waals surface area contributed by atoms with Crippen LogP contribution in [0.3, 0.4) is 0 Å². The van der Waals surface area contributed by atoms with E-state index in [0.717, 1.165) is 25.0 Å². The van der Waals surface area contributed by atoms with Crippen LogP contribution in [0, 0.1) is 6.92 Å². The first-order valence-electron chi connectivity index (χ1n) is 7.67. The fourth-order valence-electron chi connectivity index (χ4n) is 2.28. The fourth-order valence-corrected chi connectivity index (χ4v) is 2.99. The van der Waals surface area contributed by atoms with Gasteiger partial charge in [-0.15, -0.1) is 0 Å². The standard InChI is InChI=1S/C15H23N3O4S/c1-3-23(20,21)18-14-7-6-12(9-11(14)2)17-15(19)16-10-13-5-4-8-22-13/h6-7,9,13,18H,3-5,8,10H2,1-2H3,(H2,16,17,19). The highest BCUT2D eigenvalue weighted by Crippen LogP contribution is 2.21. The van der Waals surface area contributed by atoms with Gasteiger partial charge in [-0.2, -0.15) is 0 Å². The molecular weight excluding hydrogens is 318 g/mol. The number of carbonyl (C=O) groups excluding carboxylic acids is 1. The van der Waals surface area contributed by atoms with E-state index in [1.54, 1.807) is 32.0 Å². The Balaban J connectivity index is 1.90. The van der Waals surface area contributed by atoms with Gasteiger partial charge in [-0.3, -0.25) is 4.72 Å². The topological polar surface area (TPSA) is 96.5 Å². The first kappa shape index (κ1) is 17.6. The number of hydrogen-bond donors (Lipinski definition) is 3. The van der Waals surface area contributed by atoms with E-state index >= 15 is 0 Å². The third-order valence-electron chi connectivity index (χ3n) is 3.64. The zero-order valence-electron chi connectivity index (χ0n) is 13.4. The summed E-state index contributed by atoms with van der Waals surface area (Å²) in [6, 6.07) is 4.71. The highest BCUT2D eigenvalue weighted by molar-refractivity contribution is 7.92. The molecule has 128 valence electrons. The van der Waals surface area contributed by atoms with Crippen LogP contribution in [0.1, 0.15) is 25.3 Å². The average molecular weight is 341 g/mol. The maximum Gasteiger partial charge on any atom is 0.319 e. The van der Waals surface area contributed by atoms with E-state index in [0.29, 0.717) is 17.9 Å². The van der Waals surface area contributed by atoms with Crippen molar-refractivity contribution in [3.05, 3.63) is 23.8 Å². The first-order valence-corrected chi connectivity index (χ1v) is 9.32. The Morgan fingerprint density at radius 3 is 2.78 bits per heavy atom. The van der Waals surface area contributed by atoms with Gasteiger partial charge in [0.2, 0.25) is 10.0 Å². The number of urea groups is 1. The van der Waals surface area contributed by atoms with Crippen molar-refractivity contribution in [3.8, 4) is 0 Å². The van der Waals surface area contributed by atoms with Crippen molar-refractivity contribution < 1.29 is 17.9 Å². The number of benzene rings is 1. The number of nitrogens with one attached hydrogen (secondary N) is 3. The van der Waals surface area contributed by atoms with Gasteiger partial charge in [-0.25, -0.2) is 13.2 Å². The van der Waals surface area contributed by atoms with Crippen molar-refractivity contribution in [3.63, 3.8) is 0 Å². The summed E-state index contributed by atoms with van der Waals surface area (Å²) in [6.07, 6.45) is 2.09. The Morgan fingerprint density at radius 1 is 1.39 bits per heavy atom. The molecule has 2 amide bonds. The number of ether oxygens (including phenoxy) is 1. The second-order valence-corrected chi connectivity index (χ2v) is 7.52. The van der Waals surface area contributed by atoms with Crippen LogP contribution in [0.5, 0.6) is 0 Å². The van der Waals surface area contributed by atoms with Gasteiger partial charge in [0.1, 0.15) is 0 Å². The molecule has 3 N–H and O–H groups in total. The number of rotatable bonds is 6. The van der Waals surface area contributed by atoms with Crippen LogP contribution in [0.25, 0.3) is 0 Å². The molecule has 1 aromatic rings. The van der Waals surface area contributed by atoms with Gasteiger partial charge in [0.05, 0.1) is 17.5 Å². The molecule has 0 aliphatic carbocycles. The third-order valence-corrected chi connectivity index (χ3v) is 4.94. The number of anilines is 2. The second-order valence-electron chi connectivity index (χ2n) is 5.51. The summed E-state index contributed by atoms with van der Waals surface area (Å²) in [6.45, 7) is 4.59. The monoisotopic (exact) mass is 341 g/mol. The van der Waals surface area contributed by atoms with E-state index in [1.807, 2.05) is 0 Å². The molecule has 0 spiro atoms. The summed E-state index contributed by atoms with van der Waals surface area (Å²) >= 11 is 0. The summed E-state index contributed by atoms with van der Waals surface area (Å²) < 4.78 is 31.1. The van der Waals surface area contributed by atoms with E-state index in [9.17, 15) is 13.2 Å². The molecule has 1 aromatic carbocycles. The number of hydrogen-bond acceptors (Lipinski definition) is 4. The van der Waals surface area contributed by atoms with Crippen molar-refractivity contribution in [1.82, 2.24) is 5.32 Å². The Morgan fingerprint density at radius 2 is 2.17 bits per heavy atom. The molecule has 0 bridgehead atoms. The molecule has 7 nitrogen and oxygen atoms in total. The highest BCUT2D eigenvalue weighted by Gasteiger charge is 2.16. The highest BCUT2D eigenvalue weighted by atomic mass is 32.2. The first-order chi connectivity index (χ1) is 10.9. The van der Waals surface area contributed by atoms with Crippen LogP contribution in [0.2, 0.25) is 0 Å². The SMILES string of the molecule is CCS(=O)(=O)Nc1ccc(NC(=O)NCC2CCCO2)cc1C. The summed E-state index contributed by atoms with van der Waals surface area (Å²) in [5.74, 6) is 0.0120. The van der Waals surface area contributed by atoms with E-state index in [2.05, 4.69) is 15.4 Å². The number of carbonyl (C=O) groups is 1. The van der Waals surface area contributed by atoms with Crippen LogP contribution in [0.4, 0.5) is 16.2 Å². The average Bonchev–Trinajstić information content (AvgIpc) is 3.01. The molecule has 1 fully saturated rings. The molecule has 23 heavy (non-hydrogen) atoms. The van der Waals surface area contributed by atoms with E-state index < -0.39 is 10.0 Å². The van der Waals surface area contributed by atoms with Crippen LogP contribution in [-0.2, 0) is 14.8 Å². The van der Waals surface area contributed by atoms with Gasteiger partial charge < -0.3 is 15.4 Å². The number of sulfonamides is 1. The smallest absolute Gasteiger partial charge is 0.319 e. The lowest BCUT2D eigenvalue weighted by Crippen LogP contribution is -2.35. The molecule has 0 radical (unpaired) electrons. The summed E-state index contributed by atoms with van der Waals surface area (Å²) in [7, 11) is -3.31. The van der Waals surface area contributed by atoms with Crippen molar-refractivity contribution in [2.24, 2.45) is 0 Å². The van der Waals surface area contributed by atoms with E-state index in [4.69, 9.17) is 4.74 Å². The molecule has 1 saturated heterocycles. The predicted molar refractivity (Wildman–Crippen MR) is 90.3 cm³/mol. The van der Waals surface area contributed by atoms with Crippen molar-refractivity contribution in [2.75, 3.05) is 28.9 Å². The molecule has 1 aliphatic rings. The van der Waals surface area contributed by atoms with E-state index in [-0.39, 0.29) is 17.9 Å². The van der Waals surface area contributed by atoms with E-state index in [1.165, 1.54) is 0 Å². The lowest BCUT2D eigenvalue weighted by Gasteiger charge is -2.13. The number of aryl methyl sites for hydroxylation is 1. The van der Waals surface area contributed by atoms with Gasteiger partial charge in [0, 0.05) is 18.8 Å². The summed E-state index contributed by atoms with van der Waals surface area (Å²) in [5.41, 5.74) is 1.85. The minimum atomic E-state index is -3.31. The van der Waals surface area contributed by atoms with Crippen LogP contribution in [-0.4, -0.2) is 39.5 Å². The lowest BCUT2D eigenvalue weighted by atomic mass is 10.2. The fraction of sp³-hybridized carbons (Fsp3) is 0.533. The molecule has 2 rings (SSSR count). The lowest BCUT2D eigenvalue weighted by molar-refractivity contribution is 0.112. The van der Waals surface area contributed by atoms with Crippen LogP contribution in [0.15, 0.2) is 18.2 Å². The predicted octanol–water partition coefficient (Wildman–Crippen LogP) is 2.06. The normalized spacial score (nSPS) is 17.7. The van der Waals surface area contributed by atoms with Crippen molar-refractivity contribution in [2.45, 2.75) is 32.8 Å². The Labute approximate surface area is 136 Å². The maximum absolute atomic E-state index is 11.9. The molecule has 1 atom stereocenters. The summed E-state index contributed by atoms with van der Waals surface area (Å²) in [5, 5.41) is 5.50. The Bertz CT molecular complexity index is 655. The van der Waals surface area contributed by atoms with Crippen molar-refractivity contribution in [1.29, 1.82) is 0 Å². The largest absolute Gasteiger partial charge is 0.376 e. The van der Waals surface area contributed by atoms with Crippen LogP contribution < -0.4 is 15.4 Å². The molecule has 1 aliphatic heterocycles. The minimum Gasteiger partial charge on any atom is -0.376 e. The zero-order valence-corrected chi connectivity index (χ0v) is 14.2. The Hall–Kier alpha value is -1.80. The quantitative estimate of drug-likeness (QED) is 0.738. The second kappa shape index (κ2) is 7.65. The summed E-state index contributed by atoms with van der Waals surface area (Å²) in [4.78, 5) is 11.9. The molecule has 1 heterocycles. The number of amides is 2. The maximum atomic E-state index is 11.9. The van der Waals surface area contributed by atoms with Gasteiger partial charge in [0.25, 0.3) is 0 Å². The van der Waals surface area contributed by atoms with Crippen molar-refractivity contribution >= 4 is 27.4 Å². The molecule has 8 heteroatoms. The van der Waals surface area contributed by atoms with Gasteiger partial charge in [-0.1, -0.05) is 0 Å². The van der Waals surface area contributed by atoms with Gasteiger partial charge in [-0.05, 0) is 50.5 Å². The molecule has 0 aromatic heterocycles. The van der Waals surface area contributed by atoms with Crippen LogP contribution >= 0.6 is 0 Å². The minimum absolute atomic E-state index is 0.0120. The van der Waals surface area contributed by atoms with Gasteiger partial charge in [0.15, 0.2) is 0 Å². The zero-order chi connectivity index (χ0) is 16.9. The van der Waals surface area contributed by atoms with Gasteiger partial charge >= 0.3 is 6.03 Å². The molecule has 0 saturated carbocycles.